The normalized spacial score (nSPS) is 28.4. The SMILES string of the molecule is C[C@H]1[C@H]([Si](C)(C)O)[C@@H](CCO)O[C@]12C(=O)N(Cc1ccc(I)cc1)c1ccccc12. The van der Waals surface area contributed by atoms with Crippen LogP contribution in [0.15, 0.2) is 48.5 Å². The number of halogens is 1. The molecular formula is C23H28INO4Si. The van der Waals surface area contributed by atoms with E-state index in [-0.39, 0.29) is 30.1 Å². The van der Waals surface area contributed by atoms with E-state index in [4.69, 9.17) is 4.74 Å². The molecule has 160 valence electrons. The Bertz CT molecular complexity index is 945. The van der Waals surface area contributed by atoms with Gasteiger partial charge in [-0.3, -0.25) is 4.79 Å². The molecule has 0 aromatic heterocycles. The van der Waals surface area contributed by atoms with Crippen LogP contribution in [0.1, 0.15) is 24.5 Å². The molecule has 5 nitrogen and oxygen atoms in total. The van der Waals surface area contributed by atoms with E-state index < -0.39 is 13.9 Å². The molecule has 4 atom stereocenters. The highest BCUT2D eigenvalue weighted by atomic mass is 127. The summed E-state index contributed by atoms with van der Waals surface area (Å²) in [5.41, 5.74) is 1.55. The van der Waals surface area contributed by atoms with Crippen molar-refractivity contribution < 1.29 is 19.4 Å². The Balaban J connectivity index is 1.78. The van der Waals surface area contributed by atoms with Gasteiger partial charge in [0.1, 0.15) is 0 Å². The monoisotopic (exact) mass is 537 g/mol. The quantitative estimate of drug-likeness (QED) is 0.447. The van der Waals surface area contributed by atoms with Gasteiger partial charge in [0.15, 0.2) is 13.9 Å². The molecule has 0 saturated carbocycles. The second-order valence-electron chi connectivity index (χ2n) is 8.91. The van der Waals surface area contributed by atoms with Gasteiger partial charge in [0.25, 0.3) is 5.91 Å². The third-order valence-electron chi connectivity index (χ3n) is 6.56. The molecule has 1 spiro atoms. The molecule has 7 heteroatoms. The van der Waals surface area contributed by atoms with E-state index in [0.29, 0.717) is 13.0 Å². The van der Waals surface area contributed by atoms with Crippen molar-refractivity contribution in [3.05, 3.63) is 63.2 Å². The summed E-state index contributed by atoms with van der Waals surface area (Å²) in [6.07, 6.45) is 0.0762. The second kappa shape index (κ2) is 8.02. The van der Waals surface area contributed by atoms with Crippen molar-refractivity contribution in [1.82, 2.24) is 0 Å². The smallest absolute Gasteiger partial charge is 0.264 e. The second-order valence-corrected chi connectivity index (χ2v) is 14.1. The van der Waals surface area contributed by atoms with Gasteiger partial charge in [-0.25, -0.2) is 0 Å². The van der Waals surface area contributed by atoms with Gasteiger partial charge in [-0.05, 0) is 65.9 Å². The van der Waals surface area contributed by atoms with Crippen LogP contribution in [0.5, 0.6) is 0 Å². The Labute approximate surface area is 192 Å². The zero-order valence-corrected chi connectivity index (χ0v) is 20.7. The number of nitrogens with zero attached hydrogens (tertiary/aromatic N) is 1. The number of benzene rings is 2. The van der Waals surface area contributed by atoms with Gasteiger partial charge in [0, 0.05) is 27.2 Å². The van der Waals surface area contributed by atoms with E-state index in [1.165, 1.54) is 0 Å². The number of ether oxygens (including phenoxy) is 1. The minimum absolute atomic E-state index is 0.0311. The summed E-state index contributed by atoms with van der Waals surface area (Å²) in [7, 11) is -2.64. The van der Waals surface area contributed by atoms with E-state index in [2.05, 4.69) is 22.6 Å². The largest absolute Gasteiger partial charge is 0.432 e. The number of aliphatic hydroxyl groups is 1. The molecule has 0 radical (unpaired) electrons. The molecule has 4 rings (SSSR count). The number of para-hydroxylation sites is 1. The number of hydrogen-bond donors (Lipinski definition) is 2. The lowest BCUT2D eigenvalue weighted by atomic mass is 9.82. The van der Waals surface area contributed by atoms with Crippen LogP contribution >= 0.6 is 22.6 Å². The first-order chi connectivity index (χ1) is 14.2. The first-order valence-electron chi connectivity index (χ1n) is 10.4. The third-order valence-corrected chi connectivity index (χ3v) is 9.78. The molecule has 0 aliphatic carbocycles. The molecule has 2 aromatic carbocycles. The Morgan fingerprint density at radius 1 is 1.17 bits per heavy atom. The summed E-state index contributed by atoms with van der Waals surface area (Å²) in [5, 5.41) is 9.62. The average Bonchev–Trinajstić information content (AvgIpc) is 3.12. The predicted molar refractivity (Wildman–Crippen MR) is 128 cm³/mol. The van der Waals surface area contributed by atoms with Crippen molar-refractivity contribution in [2.24, 2.45) is 5.92 Å². The highest BCUT2D eigenvalue weighted by Crippen LogP contribution is 2.59. The van der Waals surface area contributed by atoms with Crippen LogP contribution in [-0.4, -0.2) is 36.8 Å². The summed E-state index contributed by atoms with van der Waals surface area (Å²) >= 11 is 2.27. The van der Waals surface area contributed by atoms with E-state index in [9.17, 15) is 14.7 Å². The van der Waals surface area contributed by atoms with Crippen LogP contribution in [0, 0.1) is 9.49 Å². The lowest BCUT2D eigenvalue weighted by Crippen LogP contribution is -2.46. The summed E-state index contributed by atoms with van der Waals surface area (Å²) in [6.45, 7) is 6.26. The third kappa shape index (κ3) is 3.44. The average molecular weight is 537 g/mol. The van der Waals surface area contributed by atoms with Gasteiger partial charge < -0.3 is 19.5 Å². The first-order valence-corrected chi connectivity index (χ1v) is 14.5. The van der Waals surface area contributed by atoms with E-state index in [0.717, 1.165) is 20.4 Å². The van der Waals surface area contributed by atoms with E-state index in [1.54, 1.807) is 0 Å². The van der Waals surface area contributed by atoms with Gasteiger partial charge in [0.05, 0.1) is 18.3 Å². The molecule has 0 unspecified atom stereocenters. The number of fused-ring (bicyclic) bond motifs is 2. The number of rotatable bonds is 5. The molecule has 0 bridgehead atoms. The number of aliphatic hydroxyl groups excluding tert-OH is 1. The molecule has 2 aliphatic rings. The predicted octanol–water partition coefficient (Wildman–Crippen LogP) is 4.02. The van der Waals surface area contributed by atoms with Crippen LogP contribution in [0.3, 0.4) is 0 Å². The lowest BCUT2D eigenvalue weighted by molar-refractivity contribution is -0.146. The number of anilines is 1. The van der Waals surface area contributed by atoms with Crippen LogP contribution in [0.2, 0.25) is 18.6 Å². The summed E-state index contributed by atoms with van der Waals surface area (Å²) in [4.78, 5) is 26.8. The van der Waals surface area contributed by atoms with Crippen molar-refractivity contribution in [3.8, 4) is 0 Å². The molecule has 1 amide bonds. The number of carbonyl (C=O) groups excluding carboxylic acids is 1. The maximum absolute atomic E-state index is 14.0. The molecular weight excluding hydrogens is 509 g/mol. The van der Waals surface area contributed by atoms with Crippen LogP contribution in [0.25, 0.3) is 0 Å². The van der Waals surface area contributed by atoms with E-state index in [1.807, 2.05) is 73.4 Å². The molecule has 1 saturated heterocycles. The van der Waals surface area contributed by atoms with Crippen molar-refractivity contribution in [3.63, 3.8) is 0 Å². The minimum atomic E-state index is -2.64. The Morgan fingerprint density at radius 3 is 2.47 bits per heavy atom. The van der Waals surface area contributed by atoms with Gasteiger partial charge in [-0.1, -0.05) is 37.3 Å². The van der Waals surface area contributed by atoms with Crippen LogP contribution in [0.4, 0.5) is 5.69 Å². The molecule has 1 fully saturated rings. The molecule has 2 aliphatic heterocycles. The molecule has 2 N–H and O–H groups in total. The van der Waals surface area contributed by atoms with Crippen molar-refractivity contribution in [2.45, 2.75) is 50.2 Å². The fourth-order valence-corrected chi connectivity index (χ4v) is 8.32. The number of hydrogen-bond acceptors (Lipinski definition) is 4. The van der Waals surface area contributed by atoms with Gasteiger partial charge >= 0.3 is 0 Å². The molecule has 2 aromatic rings. The first kappa shape index (κ1) is 21.9. The van der Waals surface area contributed by atoms with Crippen molar-refractivity contribution >= 4 is 42.5 Å². The minimum Gasteiger partial charge on any atom is -0.432 e. The lowest BCUT2D eigenvalue weighted by Gasteiger charge is -2.32. The Morgan fingerprint density at radius 2 is 1.83 bits per heavy atom. The van der Waals surface area contributed by atoms with Crippen LogP contribution < -0.4 is 4.90 Å². The highest BCUT2D eigenvalue weighted by molar-refractivity contribution is 14.1. The maximum atomic E-state index is 14.0. The van der Waals surface area contributed by atoms with Crippen molar-refractivity contribution in [2.75, 3.05) is 11.5 Å². The van der Waals surface area contributed by atoms with Crippen LogP contribution in [-0.2, 0) is 21.7 Å². The number of carbonyl (C=O) groups is 1. The summed E-state index contributed by atoms with van der Waals surface area (Å²) in [5.74, 6) is -0.255. The maximum Gasteiger partial charge on any atom is 0.264 e. The van der Waals surface area contributed by atoms with E-state index >= 15 is 0 Å². The Hall–Kier alpha value is -1.26. The number of amides is 1. The molecule has 2 heterocycles. The summed E-state index contributed by atoms with van der Waals surface area (Å²) < 4.78 is 7.70. The molecule has 30 heavy (non-hydrogen) atoms. The highest BCUT2D eigenvalue weighted by Gasteiger charge is 2.65. The fraction of sp³-hybridized carbons (Fsp3) is 0.435. The van der Waals surface area contributed by atoms with Gasteiger partial charge in [-0.2, -0.15) is 0 Å². The zero-order valence-electron chi connectivity index (χ0n) is 17.5. The topological polar surface area (TPSA) is 70.0 Å². The standard InChI is InChI=1S/C23H28INO4Si/c1-15-21(30(2,3)28)20(12-13-26)29-23(15)18-6-4-5-7-19(18)25(22(23)27)14-16-8-10-17(24)11-9-16/h4-11,15,20-21,26,28H,12-14H2,1-3H3/t15-,20+,21-,23+/m0/s1. The zero-order chi connectivity index (χ0) is 21.7. The van der Waals surface area contributed by atoms with Crippen molar-refractivity contribution in [1.29, 1.82) is 0 Å². The summed E-state index contributed by atoms with van der Waals surface area (Å²) in [6, 6.07) is 16.0. The fourth-order valence-electron chi connectivity index (χ4n) is 5.36. The Kier molecular flexibility index (Phi) is 5.86. The van der Waals surface area contributed by atoms with Gasteiger partial charge in [0.2, 0.25) is 0 Å². The van der Waals surface area contributed by atoms with Gasteiger partial charge in [-0.15, -0.1) is 0 Å².